The first-order valence-corrected chi connectivity index (χ1v) is 15.2. The third kappa shape index (κ3) is 7.48. The van der Waals surface area contributed by atoms with Gasteiger partial charge in [0.05, 0.1) is 22.9 Å². The van der Waals surface area contributed by atoms with Crippen molar-refractivity contribution in [2.24, 2.45) is 0 Å². The molecule has 0 aliphatic carbocycles. The lowest BCUT2D eigenvalue weighted by molar-refractivity contribution is -0.114. The summed E-state index contributed by atoms with van der Waals surface area (Å²) >= 11 is 13.5. The third-order valence-corrected chi connectivity index (χ3v) is 9.01. The normalized spacial score (nSPS) is 11.2. The zero-order valence-corrected chi connectivity index (χ0v) is 24.2. The first-order chi connectivity index (χ1) is 18.8. The summed E-state index contributed by atoms with van der Waals surface area (Å²) < 4.78 is 34.3. The van der Waals surface area contributed by atoms with Gasteiger partial charge in [0.25, 0.3) is 10.0 Å². The predicted molar refractivity (Wildman–Crippen MR) is 160 cm³/mol. The average Bonchev–Trinajstić information content (AvgIpc) is 2.93. The topological polar surface area (TPSA) is 75.7 Å². The molecule has 1 amide bonds. The number of para-hydroxylation sites is 3. The highest BCUT2D eigenvalue weighted by molar-refractivity contribution is 7.98. The molecule has 0 spiro atoms. The molecule has 0 unspecified atom stereocenters. The van der Waals surface area contributed by atoms with E-state index in [0.29, 0.717) is 33.8 Å². The van der Waals surface area contributed by atoms with Gasteiger partial charge in [0.1, 0.15) is 12.3 Å². The number of sulfonamides is 1. The molecule has 4 rings (SSSR count). The van der Waals surface area contributed by atoms with E-state index in [4.69, 9.17) is 27.9 Å². The largest absolute Gasteiger partial charge is 0.492 e. The van der Waals surface area contributed by atoms with Gasteiger partial charge in [0.2, 0.25) is 5.91 Å². The fraction of sp³-hybridized carbons (Fsp3) is 0.138. The molecule has 0 heterocycles. The van der Waals surface area contributed by atoms with Crippen LogP contribution in [0, 0.1) is 0 Å². The molecule has 202 valence electrons. The van der Waals surface area contributed by atoms with Crippen LogP contribution in [-0.4, -0.2) is 27.5 Å². The molecular formula is C29H26Cl2N2O4S2. The Bertz CT molecular complexity index is 1530. The van der Waals surface area contributed by atoms with Crippen LogP contribution in [0.3, 0.4) is 0 Å². The number of rotatable bonds is 11. The number of carbonyl (C=O) groups is 1. The summed E-state index contributed by atoms with van der Waals surface area (Å²) in [6.07, 6.45) is 0. The second-order valence-electron chi connectivity index (χ2n) is 8.33. The molecule has 10 heteroatoms. The SMILES string of the molecule is CCOc1ccccc1N(CC(=O)Nc1ccccc1SCc1ccc(Cl)cc1)S(=O)(=O)c1ccc(Cl)cc1. The molecule has 0 saturated heterocycles. The minimum absolute atomic E-state index is 0.00456. The Hall–Kier alpha value is -3.17. The maximum atomic E-state index is 13.8. The zero-order valence-electron chi connectivity index (χ0n) is 21.0. The molecule has 1 N–H and O–H groups in total. The fourth-order valence-electron chi connectivity index (χ4n) is 3.73. The minimum Gasteiger partial charge on any atom is -0.492 e. The average molecular weight is 602 g/mol. The van der Waals surface area contributed by atoms with Crippen LogP contribution in [0.1, 0.15) is 12.5 Å². The highest BCUT2D eigenvalue weighted by Gasteiger charge is 2.29. The molecule has 0 atom stereocenters. The first-order valence-electron chi connectivity index (χ1n) is 12.0. The fourth-order valence-corrected chi connectivity index (χ4v) is 6.38. The van der Waals surface area contributed by atoms with Crippen molar-refractivity contribution in [3.8, 4) is 5.75 Å². The number of nitrogens with one attached hydrogen (secondary N) is 1. The molecule has 0 bridgehead atoms. The Morgan fingerprint density at radius 1 is 0.872 bits per heavy atom. The minimum atomic E-state index is -4.14. The van der Waals surface area contributed by atoms with Crippen LogP contribution in [0.15, 0.2) is 107 Å². The van der Waals surface area contributed by atoms with Crippen molar-refractivity contribution in [3.05, 3.63) is 113 Å². The van der Waals surface area contributed by atoms with Crippen LogP contribution in [0.5, 0.6) is 5.75 Å². The molecular weight excluding hydrogens is 575 g/mol. The molecule has 0 saturated carbocycles. The van der Waals surface area contributed by atoms with E-state index in [1.165, 1.54) is 24.3 Å². The van der Waals surface area contributed by atoms with Crippen LogP contribution in [0.2, 0.25) is 10.0 Å². The van der Waals surface area contributed by atoms with Gasteiger partial charge >= 0.3 is 0 Å². The number of amides is 1. The first kappa shape index (κ1) is 28.8. The standard InChI is InChI=1S/C29H26Cl2N2O4S2/c1-2-37-27-9-5-4-8-26(27)33(39(35,36)24-17-15-23(31)16-18-24)19-29(34)32-25-7-3-6-10-28(25)38-20-21-11-13-22(30)14-12-21/h3-18H,2,19-20H2,1H3,(H,32,34). The maximum absolute atomic E-state index is 13.8. The number of nitrogens with zero attached hydrogens (tertiary/aromatic N) is 1. The lowest BCUT2D eigenvalue weighted by atomic mass is 10.2. The number of anilines is 2. The molecule has 0 fully saturated rings. The Labute approximate surface area is 243 Å². The van der Waals surface area contributed by atoms with Crippen molar-refractivity contribution in [2.45, 2.75) is 22.5 Å². The summed E-state index contributed by atoms with van der Waals surface area (Å²) in [7, 11) is -4.14. The van der Waals surface area contributed by atoms with Gasteiger partial charge in [-0.05, 0) is 73.2 Å². The molecule has 6 nitrogen and oxygen atoms in total. The van der Waals surface area contributed by atoms with E-state index in [0.717, 1.165) is 14.8 Å². The van der Waals surface area contributed by atoms with Crippen molar-refractivity contribution in [1.82, 2.24) is 0 Å². The number of thioether (sulfide) groups is 1. The lowest BCUT2D eigenvalue weighted by Crippen LogP contribution is -2.38. The summed E-state index contributed by atoms with van der Waals surface area (Å²) in [6, 6.07) is 27.5. The molecule has 0 aromatic heterocycles. The molecule has 4 aromatic rings. The van der Waals surface area contributed by atoms with E-state index < -0.39 is 22.5 Å². The van der Waals surface area contributed by atoms with Crippen molar-refractivity contribution in [3.63, 3.8) is 0 Å². The summed E-state index contributed by atoms with van der Waals surface area (Å²) in [4.78, 5) is 14.2. The molecule has 0 radical (unpaired) electrons. The smallest absolute Gasteiger partial charge is 0.264 e. The highest BCUT2D eigenvalue weighted by atomic mass is 35.5. The number of ether oxygens (including phenoxy) is 1. The van der Waals surface area contributed by atoms with Crippen molar-refractivity contribution in [1.29, 1.82) is 0 Å². The summed E-state index contributed by atoms with van der Waals surface area (Å²) in [5.41, 5.74) is 1.93. The Morgan fingerprint density at radius 2 is 1.49 bits per heavy atom. The molecule has 0 aliphatic rings. The molecule has 4 aromatic carbocycles. The Kier molecular flexibility index (Phi) is 9.80. The van der Waals surface area contributed by atoms with E-state index in [1.807, 2.05) is 42.5 Å². The van der Waals surface area contributed by atoms with Gasteiger partial charge in [-0.25, -0.2) is 8.42 Å². The molecule has 0 aliphatic heterocycles. The van der Waals surface area contributed by atoms with E-state index in [1.54, 1.807) is 49.0 Å². The Morgan fingerprint density at radius 3 is 2.18 bits per heavy atom. The summed E-state index contributed by atoms with van der Waals surface area (Å²) in [5.74, 6) is 0.519. The van der Waals surface area contributed by atoms with E-state index in [-0.39, 0.29) is 10.6 Å². The van der Waals surface area contributed by atoms with Crippen molar-refractivity contribution in [2.75, 3.05) is 22.8 Å². The number of halogens is 2. The number of carbonyl (C=O) groups excluding carboxylic acids is 1. The monoisotopic (exact) mass is 600 g/mol. The quantitative estimate of drug-likeness (QED) is 0.180. The van der Waals surface area contributed by atoms with E-state index in [2.05, 4.69) is 5.32 Å². The molecule has 39 heavy (non-hydrogen) atoms. The van der Waals surface area contributed by atoms with Crippen LogP contribution in [-0.2, 0) is 20.6 Å². The number of benzene rings is 4. The van der Waals surface area contributed by atoms with E-state index in [9.17, 15) is 13.2 Å². The van der Waals surface area contributed by atoms with Gasteiger partial charge in [-0.2, -0.15) is 0 Å². The highest BCUT2D eigenvalue weighted by Crippen LogP contribution is 2.34. The number of hydrogen-bond donors (Lipinski definition) is 1. The van der Waals surface area contributed by atoms with Crippen LogP contribution in [0.25, 0.3) is 0 Å². The predicted octanol–water partition coefficient (Wildman–Crippen LogP) is 7.52. The third-order valence-electron chi connectivity index (χ3n) is 5.59. The van der Waals surface area contributed by atoms with Gasteiger partial charge in [-0.15, -0.1) is 11.8 Å². The van der Waals surface area contributed by atoms with Crippen molar-refractivity contribution < 1.29 is 17.9 Å². The van der Waals surface area contributed by atoms with E-state index >= 15 is 0 Å². The van der Waals surface area contributed by atoms with Gasteiger partial charge < -0.3 is 10.1 Å². The summed E-state index contributed by atoms with van der Waals surface area (Å²) in [5, 5.41) is 3.96. The van der Waals surface area contributed by atoms with Crippen LogP contribution < -0.4 is 14.4 Å². The van der Waals surface area contributed by atoms with Gasteiger partial charge in [0.15, 0.2) is 0 Å². The van der Waals surface area contributed by atoms with Gasteiger partial charge in [0, 0.05) is 20.7 Å². The van der Waals surface area contributed by atoms with Crippen LogP contribution >= 0.6 is 35.0 Å². The maximum Gasteiger partial charge on any atom is 0.264 e. The van der Waals surface area contributed by atoms with Gasteiger partial charge in [-0.3, -0.25) is 9.10 Å². The summed E-state index contributed by atoms with van der Waals surface area (Å²) in [6.45, 7) is 1.67. The lowest BCUT2D eigenvalue weighted by Gasteiger charge is -2.26. The number of hydrogen-bond acceptors (Lipinski definition) is 5. The second kappa shape index (κ2) is 13.3. The van der Waals surface area contributed by atoms with Gasteiger partial charge in [-0.1, -0.05) is 59.6 Å². The Balaban J connectivity index is 1.60. The zero-order chi connectivity index (χ0) is 27.8. The van der Waals surface area contributed by atoms with Crippen LogP contribution in [0.4, 0.5) is 11.4 Å². The second-order valence-corrected chi connectivity index (χ2v) is 12.1. The van der Waals surface area contributed by atoms with Crippen molar-refractivity contribution >= 4 is 62.3 Å².